The van der Waals surface area contributed by atoms with Crippen LogP contribution in [0.15, 0.2) is 29.2 Å². The van der Waals surface area contributed by atoms with Gasteiger partial charge in [0.05, 0.1) is 24.7 Å². The Labute approximate surface area is 114 Å². The molecule has 2 rings (SSSR count). The van der Waals surface area contributed by atoms with Crippen LogP contribution in [0.3, 0.4) is 0 Å². The van der Waals surface area contributed by atoms with Crippen LogP contribution in [-0.4, -0.2) is 45.8 Å². The van der Waals surface area contributed by atoms with Crippen LogP contribution in [0.4, 0.5) is 0 Å². The fourth-order valence-corrected chi connectivity index (χ4v) is 3.06. The number of ether oxygens (including phenoxy) is 2. The van der Waals surface area contributed by atoms with Crippen LogP contribution in [0.2, 0.25) is 0 Å². The first kappa shape index (κ1) is 14.5. The zero-order valence-electron chi connectivity index (χ0n) is 11.2. The van der Waals surface area contributed by atoms with E-state index in [9.17, 15) is 8.42 Å². The summed E-state index contributed by atoms with van der Waals surface area (Å²) >= 11 is 0. The molecule has 19 heavy (non-hydrogen) atoms. The van der Waals surface area contributed by atoms with E-state index in [-0.39, 0.29) is 6.54 Å². The Morgan fingerprint density at radius 1 is 1.21 bits per heavy atom. The van der Waals surface area contributed by atoms with E-state index >= 15 is 0 Å². The molecule has 106 valence electrons. The van der Waals surface area contributed by atoms with Gasteiger partial charge in [-0.2, -0.15) is 4.31 Å². The highest BCUT2D eigenvalue weighted by Gasteiger charge is 2.26. The molecule has 1 aliphatic rings. The minimum atomic E-state index is -3.48. The third-order valence-corrected chi connectivity index (χ3v) is 4.97. The molecule has 1 aromatic carbocycles. The van der Waals surface area contributed by atoms with Crippen molar-refractivity contribution in [1.29, 1.82) is 0 Å². The fourth-order valence-electron chi connectivity index (χ4n) is 1.90. The van der Waals surface area contributed by atoms with Crippen molar-refractivity contribution in [3.05, 3.63) is 29.8 Å². The highest BCUT2D eigenvalue weighted by Crippen LogP contribution is 2.17. The summed E-state index contributed by atoms with van der Waals surface area (Å²) in [5.41, 5.74) is 1.11. The Hall–Kier alpha value is -0.950. The van der Waals surface area contributed by atoms with Crippen molar-refractivity contribution in [1.82, 2.24) is 4.31 Å². The Morgan fingerprint density at radius 2 is 1.79 bits per heavy atom. The molecule has 1 aromatic rings. The molecule has 1 heterocycles. The second-order valence-corrected chi connectivity index (χ2v) is 6.50. The van der Waals surface area contributed by atoms with Gasteiger partial charge in [0.15, 0.2) is 6.29 Å². The van der Waals surface area contributed by atoms with E-state index in [4.69, 9.17) is 9.47 Å². The third-order valence-electron chi connectivity index (χ3n) is 3.14. The molecule has 0 radical (unpaired) electrons. The highest BCUT2D eigenvalue weighted by atomic mass is 32.2. The van der Waals surface area contributed by atoms with Gasteiger partial charge in [-0.3, -0.25) is 0 Å². The topological polar surface area (TPSA) is 55.8 Å². The second-order valence-electron chi connectivity index (χ2n) is 4.45. The molecule has 5 nitrogen and oxygen atoms in total. The molecule has 1 saturated heterocycles. The van der Waals surface area contributed by atoms with E-state index in [0.717, 1.165) is 12.0 Å². The van der Waals surface area contributed by atoms with Gasteiger partial charge in [0, 0.05) is 7.05 Å². The summed E-state index contributed by atoms with van der Waals surface area (Å²) < 4.78 is 36.5. The number of aryl methyl sites for hydroxylation is 1. The second kappa shape index (κ2) is 6.00. The van der Waals surface area contributed by atoms with E-state index in [0.29, 0.717) is 18.1 Å². The predicted molar refractivity (Wildman–Crippen MR) is 71.3 cm³/mol. The number of benzene rings is 1. The molecule has 1 aliphatic heterocycles. The maximum absolute atomic E-state index is 12.3. The van der Waals surface area contributed by atoms with Gasteiger partial charge in [0.1, 0.15) is 0 Å². The summed E-state index contributed by atoms with van der Waals surface area (Å²) in [4.78, 5) is 0.296. The van der Waals surface area contributed by atoms with Gasteiger partial charge in [0.2, 0.25) is 10.0 Å². The minimum absolute atomic E-state index is 0.206. The molecule has 0 saturated carbocycles. The van der Waals surface area contributed by atoms with E-state index in [1.807, 2.05) is 19.1 Å². The van der Waals surface area contributed by atoms with Gasteiger partial charge >= 0.3 is 0 Å². The first-order valence-electron chi connectivity index (χ1n) is 6.32. The van der Waals surface area contributed by atoms with Crippen molar-refractivity contribution in [2.75, 3.05) is 26.8 Å². The molecular formula is C13H19NO4S. The van der Waals surface area contributed by atoms with Gasteiger partial charge < -0.3 is 9.47 Å². The van der Waals surface area contributed by atoms with Crippen LogP contribution in [0.1, 0.15) is 12.5 Å². The highest BCUT2D eigenvalue weighted by molar-refractivity contribution is 7.89. The molecule has 0 N–H and O–H groups in total. The van der Waals surface area contributed by atoms with Gasteiger partial charge in [-0.1, -0.05) is 19.1 Å². The lowest BCUT2D eigenvalue weighted by molar-refractivity contribution is -0.0482. The summed E-state index contributed by atoms with van der Waals surface area (Å²) in [7, 11) is -1.94. The van der Waals surface area contributed by atoms with Crippen LogP contribution in [0.25, 0.3) is 0 Å². The Kier molecular flexibility index (Phi) is 4.57. The smallest absolute Gasteiger partial charge is 0.242 e. The van der Waals surface area contributed by atoms with Gasteiger partial charge in [-0.05, 0) is 24.1 Å². The van der Waals surface area contributed by atoms with Crippen molar-refractivity contribution in [3.63, 3.8) is 0 Å². The number of nitrogens with zero attached hydrogens (tertiary/aromatic N) is 1. The number of sulfonamides is 1. The lowest BCUT2D eigenvalue weighted by atomic mass is 10.2. The first-order chi connectivity index (χ1) is 9.04. The van der Waals surface area contributed by atoms with Gasteiger partial charge in [-0.15, -0.1) is 0 Å². The van der Waals surface area contributed by atoms with Gasteiger partial charge in [-0.25, -0.2) is 8.42 Å². The minimum Gasteiger partial charge on any atom is -0.349 e. The predicted octanol–water partition coefficient (Wildman–Crippen LogP) is 1.24. The van der Waals surface area contributed by atoms with Crippen LogP contribution in [0.5, 0.6) is 0 Å². The molecule has 0 bridgehead atoms. The Morgan fingerprint density at radius 3 is 2.32 bits per heavy atom. The largest absolute Gasteiger partial charge is 0.349 e. The summed E-state index contributed by atoms with van der Waals surface area (Å²) in [6.07, 6.45) is 0.426. The number of hydrogen-bond donors (Lipinski definition) is 0. The van der Waals surface area contributed by atoms with E-state index in [1.54, 1.807) is 12.1 Å². The molecule has 0 aromatic heterocycles. The maximum Gasteiger partial charge on any atom is 0.242 e. The van der Waals surface area contributed by atoms with Crippen molar-refractivity contribution < 1.29 is 17.9 Å². The summed E-state index contributed by atoms with van der Waals surface area (Å²) in [6.45, 7) is 3.27. The monoisotopic (exact) mass is 285 g/mol. The molecule has 0 unspecified atom stereocenters. The number of likely N-dealkylation sites (N-methyl/N-ethyl adjacent to an activating group) is 1. The van der Waals surface area contributed by atoms with Crippen LogP contribution in [-0.2, 0) is 25.9 Å². The quantitative estimate of drug-likeness (QED) is 0.817. The van der Waals surface area contributed by atoms with Crippen molar-refractivity contribution in [3.8, 4) is 0 Å². The van der Waals surface area contributed by atoms with E-state index in [1.165, 1.54) is 11.4 Å². The zero-order chi connectivity index (χ0) is 13.9. The maximum atomic E-state index is 12.3. The Bertz CT molecular complexity index is 506. The van der Waals surface area contributed by atoms with Crippen LogP contribution in [0, 0.1) is 0 Å². The van der Waals surface area contributed by atoms with E-state index < -0.39 is 16.3 Å². The van der Waals surface area contributed by atoms with Crippen molar-refractivity contribution >= 4 is 10.0 Å². The van der Waals surface area contributed by atoms with Crippen molar-refractivity contribution in [2.24, 2.45) is 0 Å². The number of rotatable bonds is 5. The van der Waals surface area contributed by atoms with E-state index in [2.05, 4.69) is 0 Å². The SMILES string of the molecule is CCc1ccc(S(=O)(=O)N(C)CC2OCCO2)cc1. The average molecular weight is 285 g/mol. The Balaban J connectivity index is 2.10. The molecule has 0 amide bonds. The standard InChI is InChI=1S/C13H19NO4S/c1-3-11-4-6-12(7-5-11)19(15,16)14(2)10-13-17-8-9-18-13/h4-7,13H,3,8-10H2,1-2H3. The summed E-state index contributed by atoms with van der Waals surface area (Å²) in [5.74, 6) is 0. The lowest BCUT2D eigenvalue weighted by Crippen LogP contribution is -2.34. The number of hydrogen-bond acceptors (Lipinski definition) is 4. The molecule has 6 heteroatoms. The summed E-state index contributed by atoms with van der Waals surface area (Å²) in [6, 6.07) is 6.95. The molecular weight excluding hydrogens is 266 g/mol. The third kappa shape index (κ3) is 3.33. The zero-order valence-corrected chi connectivity index (χ0v) is 12.0. The van der Waals surface area contributed by atoms with Gasteiger partial charge in [0.25, 0.3) is 0 Å². The van der Waals surface area contributed by atoms with Crippen LogP contribution >= 0.6 is 0 Å². The molecule has 0 aliphatic carbocycles. The summed E-state index contributed by atoms with van der Waals surface area (Å²) in [5, 5.41) is 0. The molecule has 1 fully saturated rings. The van der Waals surface area contributed by atoms with Crippen molar-refractivity contribution in [2.45, 2.75) is 24.5 Å². The molecule has 0 spiro atoms. The lowest BCUT2D eigenvalue weighted by Gasteiger charge is -2.20. The fraction of sp³-hybridized carbons (Fsp3) is 0.538. The first-order valence-corrected chi connectivity index (χ1v) is 7.76. The average Bonchev–Trinajstić information content (AvgIpc) is 2.91. The van der Waals surface area contributed by atoms with Crippen LogP contribution < -0.4 is 0 Å². The normalized spacial score (nSPS) is 17.2. The molecule has 0 atom stereocenters.